The van der Waals surface area contributed by atoms with E-state index >= 15 is 0 Å². The minimum Gasteiger partial charge on any atom is -0.376 e. The number of carbonyl (C=O) groups is 1. The van der Waals surface area contributed by atoms with Crippen molar-refractivity contribution in [2.75, 3.05) is 13.2 Å². The molecule has 1 saturated heterocycles. The van der Waals surface area contributed by atoms with Crippen LogP contribution in [0.5, 0.6) is 0 Å². The standard InChI is InChI=1S/C14H17N5O2/c20-13(16-9-11-4-2-6-21-11)7-12-17-14(19-18-12)10-3-1-5-15-8-10/h1,3,5,8,11H,2,4,6-7,9H2,(H,16,20)(H,17,18,19)/t11-/m0/s1. The Morgan fingerprint density at radius 1 is 1.52 bits per heavy atom. The first-order chi connectivity index (χ1) is 10.3. The van der Waals surface area contributed by atoms with Crippen LogP contribution in [0, 0.1) is 0 Å². The van der Waals surface area contributed by atoms with Crippen molar-refractivity contribution >= 4 is 5.91 Å². The van der Waals surface area contributed by atoms with Crippen LogP contribution in [-0.4, -0.2) is 45.3 Å². The topological polar surface area (TPSA) is 92.8 Å². The molecule has 1 fully saturated rings. The Labute approximate surface area is 122 Å². The summed E-state index contributed by atoms with van der Waals surface area (Å²) in [6.45, 7) is 1.35. The first-order valence-corrected chi connectivity index (χ1v) is 7.01. The number of H-pyrrole nitrogens is 1. The van der Waals surface area contributed by atoms with Crippen LogP contribution in [0.4, 0.5) is 0 Å². The van der Waals surface area contributed by atoms with Gasteiger partial charge in [0.25, 0.3) is 0 Å². The number of rotatable bonds is 5. The van der Waals surface area contributed by atoms with Crippen molar-refractivity contribution in [2.45, 2.75) is 25.4 Å². The molecule has 7 nitrogen and oxygen atoms in total. The van der Waals surface area contributed by atoms with Gasteiger partial charge in [0.2, 0.25) is 5.91 Å². The second kappa shape index (κ2) is 6.45. The molecule has 2 aromatic heterocycles. The average Bonchev–Trinajstić information content (AvgIpc) is 3.17. The molecule has 0 radical (unpaired) electrons. The lowest BCUT2D eigenvalue weighted by Gasteiger charge is -2.09. The average molecular weight is 287 g/mol. The van der Waals surface area contributed by atoms with Crippen LogP contribution in [0.3, 0.4) is 0 Å². The van der Waals surface area contributed by atoms with Crippen molar-refractivity contribution < 1.29 is 9.53 Å². The van der Waals surface area contributed by atoms with E-state index in [1.54, 1.807) is 12.4 Å². The molecular formula is C14H17N5O2. The molecule has 2 N–H and O–H groups in total. The number of hydrogen-bond acceptors (Lipinski definition) is 5. The summed E-state index contributed by atoms with van der Waals surface area (Å²) in [4.78, 5) is 20.2. The molecule has 1 aliphatic rings. The van der Waals surface area contributed by atoms with Gasteiger partial charge < -0.3 is 10.1 Å². The van der Waals surface area contributed by atoms with Crippen molar-refractivity contribution in [3.8, 4) is 11.4 Å². The van der Waals surface area contributed by atoms with Gasteiger partial charge in [0.15, 0.2) is 5.82 Å². The molecule has 21 heavy (non-hydrogen) atoms. The largest absolute Gasteiger partial charge is 0.376 e. The molecule has 1 atom stereocenters. The number of hydrogen-bond donors (Lipinski definition) is 2. The molecule has 0 unspecified atom stereocenters. The van der Waals surface area contributed by atoms with E-state index in [2.05, 4.69) is 25.5 Å². The number of ether oxygens (including phenoxy) is 1. The predicted molar refractivity (Wildman–Crippen MR) is 75.3 cm³/mol. The van der Waals surface area contributed by atoms with Crippen LogP contribution in [0.15, 0.2) is 24.5 Å². The lowest BCUT2D eigenvalue weighted by atomic mass is 10.2. The van der Waals surface area contributed by atoms with Gasteiger partial charge in [0.05, 0.1) is 12.5 Å². The molecule has 0 spiro atoms. The highest BCUT2D eigenvalue weighted by atomic mass is 16.5. The number of carbonyl (C=O) groups excluding carboxylic acids is 1. The van der Waals surface area contributed by atoms with Crippen LogP contribution < -0.4 is 5.32 Å². The van der Waals surface area contributed by atoms with Gasteiger partial charge in [-0.2, -0.15) is 5.10 Å². The molecule has 1 amide bonds. The normalized spacial score (nSPS) is 17.8. The van der Waals surface area contributed by atoms with E-state index in [0.29, 0.717) is 18.2 Å². The molecule has 0 saturated carbocycles. The zero-order chi connectivity index (χ0) is 14.5. The first kappa shape index (κ1) is 13.7. The van der Waals surface area contributed by atoms with Gasteiger partial charge >= 0.3 is 0 Å². The van der Waals surface area contributed by atoms with Crippen LogP contribution in [0.25, 0.3) is 11.4 Å². The van der Waals surface area contributed by atoms with E-state index in [0.717, 1.165) is 25.0 Å². The molecule has 0 bridgehead atoms. The Morgan fingerprint density at radius 2 is 2.48 bits per heavy atom. The third-order valence-corrected chi connectivity index (χ3v) is 3.33. The summed E-state index contributed by atoms with van der Waals surface area (Å²) in [7, 11) is 0. The summed E-state index contributed by atoms with van der Waals surface area (Å²) in [5.74, 6) is 1.00. The zero-order valence-electron chi connectivity index (χ0n) is 11.6. The van der Waals surface area contributed by atoms with E-state index in [1.807, 2.05) is 12.1 Å². The highest BCUT2D eigenvalue weighted by Crippen LogP contribution is 2.12. The van der Waals surface area contributed by atoms with E-state index < -0.39 is 0 Å². The number of pyridine rings is 1. The summed E-state index contributed by atoms with van der Waals surface area (Å²) >= 11 is 0. The predicted octanol–water partition coefficient (Wildman–Crippen LogP) is 0.704. The summed E-state index contributed by atoms with van der Waals surface area (Å²) in [5, 5.41) is 9.74. The molecule has 0 aliphatic carbocycles. The second-order valence-electron chi connectivity index (χ2n) is 4.96. The van der Waals surface area contributed by atoms with Crippen LogP contribution in [-0.2, 0) is 16.0 Å². The van der Waals surface area contributed by atoms with Gasteiger partial charge in [-0.3, -0.25) is 14.9 Å². The van der Waals surface area contributed by atoms with Gasteiger partial charge in [-0.15, -0.1) is 0 Å². The van der Waals surface area contributed by atoms with Crippen LogP contribution in [0.2, 0.25) is 0 Å². The maximum absolute atomic E-state index is 11.8. The smallest absolute Gasteiger partial charge is 0.227 e. The zero-order valence-corrected chi connectivity index (χ0v) is 11.6. The SMILES string of the molecule is O=C(Cc1nc(-c2cccnc2)n[nH]1)NC[C@@H]1CCCO1. The Bertz CT molecular complexity index is 592. The Hall–Kier alpha value is -2.28. The second-order valence-corrected chi connectivity index (χ2v) is 4.96. The molecule has 110 valence electrons. The van der Waals surface area contributed by atoms with Crippen LogP contribution >= 0.6 is 0 Å². The maximum Gasteiger partial charge on any atom is 0.227 e. The molecule has 3 rings (SSSR count). The minimum absolute atomic E-state index is 0.0839. The van der Waals surface area contributed by atoms with E-state index in [-0.39, 0.29) is 18.4 Å². The quantitative estimate of drug-likeness (QED) is 0.844. The summed E-state index contributed by atoms with van der Waals surface area (Å²) < 4.78 is 5.46. The lowest BCUT2D eigenvalue weighted by Crippen LogP contribution is -2.33. The Kier molecular flexibility index (Phi) is 4.20. The summed E-state index contributed by atoms with van der Waals surface area (Å²) in [6, 6.07) is 3.69. The van der Waals surface area contributed by atoms with Crippen molar-refractivity contribution in [2.24, 2.45) is 0 Å². The molecule has 0 aromatic carbocycles. The highest BCUT2D eigenvalue weighted by molar-refractivity contribution is 5.77. The van der Waals surface area contributed by atoms with Gasteiger partial charge in [-0.05, 0) is 25.0 Å². The molecule has 3 heterocycles. The monoisotopic (exact) mass is 287 g/mol. The van der Waals surface area contributed by atoms with Gasteiger partial charge in [0.1, 0.15) is 5.82 Å². The van der Waals surface area contributed by atoms with Crippen LogP contribution in [0.1, 0.15) is 18.7 Å². The number of nitrogens with one attached hydrogen (secondary N) is 2. The summed E-state index contributed by atoms with van der Waals surface area (Å²) in [6.07, 6.45) is 5.78. The van der Waals surface area contributed by atoms with Crippen molar-refractivity contribution in [3.63, 3.8) is 0 Å². The van der Waals surface area contributed by atoms with E-state index in [4.69, 9.17) is 4.74 Å². The molecule has 1 aliphatic heterocycles. The van der Waals surface area contributed by atoms with Gasteiger partial charge in [-0.1, -0.05) is 0 Å². The molecular weight excluding hydrogens is 270 g/mol. The fourth-order valence-corrected chi connectivity index (χ4v) is 2.25. The fourth-order valence-electron chi connectivity index (χ4n) is 2.25. The summed E-state index contributed by atoms with van der Waals surface area (Å²) in [5.41, 5.74) is 0.819. The molecule has 7 heteroatoms. The number of nitrogens with zero attached hydrogens (tertiary/aromatic N) is 3. The van der Waals surface area contributed by atoms with Gasteiger partial charge in [0, 0.05) is 31.1 Å². The highest BCUT2D eigenvalue weighted by Gasteiger charge is 2.17. The Balaban J connectivity index is 1.53. The number of aromatic nitrogens is 4. The fraction of sp³-hybridized carbons (Fsp3) is 0.429. The molecule has 2 aromatic rings. The first-order valence-electron chi connectivity index (χ1n) is 7.01. The van der Waals surface area contributed by atoms with E-state index in [1.165, 1.54) is 0 Å². The Morgan fingerprint density at radius 3 is 3.24 bits per heavy atom. The minimum atomic E-state index is -0.0839. The van der Waals surface area contributed by atoms with E-state index in [9.17, 15) is 4.79 Å². The van der Waals surface area contributed by atoms with Crippen molar-refractivity contribution in [3.05, 3.63) is 30.4 Å². The third kappa shape index (κ3) is 3.63. The maximum atomic E-state index is 11.8. The third-order valence-electron chi connectivity index (χ3n) is 3.33. The number of amides is 1. The van der Waals surface area contributed by atoms with Crippen molar-refractivity contribution in [1.29, 1.82) is 0 Å². The lowest BCUT2D eigenvalue weighted by molar-refractivity contribution is -0.121. The van der Waals surface area contributed by atoms with Gasteiger partial charge in [-0.25, -0.2) is 4.98 Å². The van der Waals surface area contributed by atoms with Crippen molar-refractivity contribution in [1.82, 2.24) is 25.5 Å². The number of aromatic amines is 1.